The monoisotopic (exact) mass is 266 g/mol. The van der Waals surface area contributed by atoms with Crippen molar-refractivity contribution in [1.82, 2.24) is 14.4 Å². The maximum Gasteiger partial charge on any atom is 0.245 e. The number of hydrogen-bond acceptors (Lipinski definition) is 2. The van der Waals surface area contributed by atoms with Gasteiger partial charge in [-0.05, 0) is 41.5 Å². The highest BCUT2D eigenvalue weighted by molar-refractivity contribution is 4.94. The lowest BCUT2D eigenvalue weighted by Crippen LogP contribution is -2.44. The summed E-state index contributed by atoms with van der Waals surface area (Å²) in [6.07, 6.45) is 4.40. The average Bonchev–Trinajstić information content (AvgIpc) is 2.88. The van der Waals surface area contributed by atoms with Crippen molar-refractivity contribution in [2.24, 2.45) is 0 Å². The predicted octanol–water partition coefficient (Wildman–Crippen LogP) is 2.33. The zero-order chi connectivity index (χ0) is 16.9. The minimum atomic E-state index is -0.381. The zero-order valence-corrected chi connectivity index (χ0v) is 12.9. The lowest BCUT2D eigenvalue weighted by molar-refractivity contribution is -0.713. The second-order valence-corrected chi connectivity index (χ2v) is 7.07. The summed E-state index contributed by atoms with van der Waals surface area (Å²) in [6.45, 7) is 13.4. The van der Waals surface area contributed by atoms with Crippen LogP contribution in [0.4, 0.5) is 0 Å². The van der Waals surface area contributed by atoms with Crippen LogP contribution >= 0.6 is 0 Å². The fraction of sp³-hybridized carbons (Fsp3) is 0.667. The average molecular weight is 266 g/mol. The predicted molar refractivity (Wildman–Crippen MR) is 77.1 cm³/mol. The van der Waals surface area contributed by atoms with E-state index in [-0.39, 0.29) is 29.7 Å². The number of rotatable bonds is 2. The van der Waals surface area contributed by atoms with Gasteiger partial charge in [0.2, 0.25) is 6.30 Å². The summed E-state index contributed by atoms with van der Waals surface area (Å²) < 4.78 is 27.7. The van der Waals surface area contributed by atoms with Crippen LogP contribution in [0.2, 0.25) is 0 Å². The van der Waals surface area contributed by atoms with Crippen LogP contribution < -0.4 is 4.57 Å². The number of aromatic nitrogens is 2. The summed E-state index contributed by atoms with van der Waals surface area (Å²) in [5, 5.41) is 0. The van der Waals surface area contributed by atoms with Crippen molar-refractivity contribution in [3.05, 3.63) is 31.0 Å². The van der Waals surface area contributed by atoms with E-state index in [1.165, 1.54) is 0 Å². The van der Waals surface area contributed by atoms with Gasteiger partial charge in [-0.15, -0.1) is 0 Å². The van der Waals surface area contributed by atoms with Gasteiger partial charge in [0.05, 0.1) is 6.67 Å². The van der Waals surface area contributed by atoms with Crippen molar-refractivity contribution in [3.8, 4) is 0 Å². The SMILES string of the molecule is [2H]c1c([2H])[n+](CN2C=CN(C(C)(C)C)C2)c([2H])n1C(C)(C)C. The van der Waals surface area contributed by atoms with Crippen molar-refractivity contribution < 1.29 is 8.68 Å². The van der Waals surface area contributed by atoms with Crippen molar-refractivity contribution in [2.45, 2.75) is 59.3 Å². The quantitative estimate of drug-likeness (QED) is 0.763. The molecule has 4 nitrogen and oxygen atoms in total. The molecule has 1 aromatic rings. The molecule has 19 heavy (non-hydrogen) atoms. The van der Waals surface area contributed by atoms with E-state index in [9.17, 15) is 0 Å². The van der Waals surface area contributed by atoms with E-state index in [0.717, 1.165) is 6.67 Å². The van der Waals surface area contributed by atoms with Gasteiger partial charge in [0.1, 0.15) is 20.6 Å². The van der Waals surface area contributed by atoms with E-state index in [0.29, 0.717) is 6.67 Å². The summed E-state index contributed by atoms with van der Waals surface area (Å²) >= 11 is 0. The first-order valence-corrected chi connectivity index (χ1v) is 6.71. The molecule has 0 unspecified atom stereocenters. The van der Waals surface area contributed by atoms with Crippen LogP contribution in [0.25, 0.3) is 0 Å². The smallest absolute Gasteiger partial charge is 0.245 e. The molecule has 2 heterocycles. The summed E-state index contributed by atoms with van der Waals surface area (Å²) in [5.41, 5.74) is -0.338. The molecule has 0 N–H and O–H groups in total. The molecule has 0 amide bonds. The molecule has 0 fully saturated rings. The standard InChI is InChI=1S/C15H27N4/c1-14(2,3)18-9-7-16(12-18)11-17-8-10-19(13-17)15(4,5)6/h7-10,12H,11,13H2,1-6H3/q+1/i7D,9D,12D. The lowest BCUT2D eigenvalue weighted by atomic mass is 10.1. The maximum absolute atomic E-state index is 8.32. The summed E-state index contributed by atoms with van der Waals surface area (Å²) in [6, 6.07) is 0. The highest BCUT2D eigenvalue weighted by Gasteiger charge is 2.25. The van der Waals surface area contributed by atoms with Crippen LogP contribution in [-0.2, 0) is 12.2 Å². The van der Waals surface area contributed by atoms with Gasteiger partial charge < -0.3 is 9.80 Å². The normalized spacial score (nSPS) is 18.7. The van der Waals surface area contributed by atoms with Gasteiger partial charge in [0, 0.05) is 17.9 Å². The molecule has 0 aliphatic carbocycles. The molecule has 1 aliphatic rings. The van der Waals surface area contributed by atoms with Gasteiger partial charge >= 0.3 is 0 Å². The van der Waals surface area contributed by atoms with Crippen LogP contribution in [0.5, 0.6) is 0 Å². The molecular weight excluding hydrogens is 236 g/mol. The fourth-order valence-corrected chi connectivity index (χ4v) is 1.84. The van der Waals surface area contributed by atoms with Crippen LogP contribution in [0.3, 0.4) is 0 Å². The first-order chi connectivity index (χ1) is 9.93. The van der Waals surface area contributed by atoms with E-state index in [1.807, 2.05) is 38.1 Å². The molecule has 0 radical (unpaired) electrons. The largest absolute Gasteiger partial charge is 0.354 e. The number of imidazole rings is 1. The Labute approximate surface area is 121 Å². The molecule has 1 aliphatic heterocycles. The Morgan fingerprint density at radius 1 is 1.11 bits per heavy atom. The van der Waals surface area contributed by atoms with Gasteiger partial charge in [0.25, 0.3) is 0 Å². The molecule has 0 bridgehead atoms. The summed E-state index contributed by atoms with van der Waals surface area (Å²) in [4.78, 5) is 4.26. The molecule has 106 valence electrons. The van der Waals surface area contributed by atoms with Crippen LogP contribution in [0.1, 0.15) is 45.7 Å². The second-order valence-electron chi connectivity index (χ2n) is 7.07. The van der Waals surface area contributed by atoms with Crippen LogP contribution in [0, 0.1) is 0 Å². The first kappa shape index (κ1) is 10.4. The van der Waals surface area contributed by atoms with Gasteiger partial charge in [-0.2, -0.15) is 0 Å². The molecule has 0 atom stereocenters. The third-order valence-corrected chi connectivity index (χ3v) is 3.16. The summed E-state index contributed by atoms with van der Waals surface area (Å²) in [7, 11) is 0. The molecule has 2 rings (SSSR count). The van der Waals surface area contributed by atoms with Crippen molar-refractivity contribution in [2.75, 3.05) is 6.67 Å². The number of hydrogen-bond donors (Lipinski definition) is 0. The van der Waals surface area contributed by atoms with Crippen molar-refractivity contribution in [3.63, 3.8) is 0 Å². The highest BCUT2D eigenvalue weighted by atomic mass is 15.4. The van der Waals surface area contributed by atoms with Crippen LogP contribution in [-0.4, -0.2) is 26.6 Å². The van der Waals surface area contributed by atoms with Crippen LogP contribution in [0.15, 0.2) is 31.0 Å². The lowest BCUT2D eigenvalue weighted by Gasteiger charge is -2.32. The molecule has 0 spiro atoms. The molecule has 0 aromatic carbocycles. The molecular formula is C15H27N4+. The Hall–Kier alpha value is -1.45. The minimum absolute atomic E-state index is 0.0431. The first-order valence-electron chi connectivity index (χ1n) is 8.21. The molecule has 4 heteroatoms. The third-order valence-electron chi connectivity index (χ3n) is 3.16. The third kappa shape index (κ3) is 3.31. The Morgan fingerprint density at radius 2 is 1.79 bits per heavy atom. The van der Waals surface area contributed by atoms with Crippen molar-refractivity contribution in [1.29, 1.82) is 0 Å². The van der Waals surface area contributed by atoms with E-state index in [4.69, 9.17) is 4.11 Å². The molecule has 0 saturated heterocycles. The fourth-order valence-electron chi connectivity index (χ4n) is 1.84. The van der Waals surface area contributed by atoms with E-state index < -0.39 is 0 Å². The second kappa shape index (κ2) is 4.58. The van der Waals surface area contributed by atoms with Gasteiger partial charge in [-0.25, -0.2) is 9.13 Å². The Morgan fingerprint density at radius 3 is 2.26 bits per heavy atom. The zero-order valence-electron chi connectivity index (χ0n) is 15.9. The Kier molecular flexibility index (Phi) is 2.50. The Balaban J connectivity index is 2.24. The number of nitrogens with zero attached hydrogens (tertiary/aromatic N) is 4. The van der Waals surface area contributed by atoms with Gasteiger partial charge in [0.15, 0.2) is 8.04 Å². The van der Waals surface area contributed by atoms with Gasteiger partial charge in [-0.1, -0.05) is 0 Å². The summed E-state index contributed by atoms with van der Waals surface area (Å²) in [5.74, 6) is 0. The van der Waals surface area contributed by atoms with E-state index in [2.05, 4.69) is 25.7 Å². The molecule has 1 aromatic heterocycles. The highest BCUT2D eigenvalue weighted by Crippen LogP contribution is 2.19. The molecule has 0 saturated carbocycles. The minimum Gasteiger partial charge on any atom is -0.354 e. The Bertz CT molecular complexity index is 593. The van der Waals surface area contributed by atoms with E-state index >= 15 is 0 Å². The van der Waals surface area contributed by atoms with Gasteiger partial charge in [-0.3, -0.25) is 0 Å². The maximum atomic E-state index is 8.32. The topological polar surface area (TPSA) is 15.3 Å². The van der Waals surface area contributed by atoms with E-state index in [1.54, 1.807) is 9.13 Å². The van der Waals surface area contributed by atoms with Crippen molar-refractivity contribution >= 4 is 0 Å².